The highest BCUT2D eigenvalue weighted by Crippen LogP contribution is 2.38. The Balaban J connectivity index is 2.12. The Morgan fingerprint density at radius 3 is 2.39 bits per heavy atom. The highest BCUT2D eigenvalue weighted by molar-refractivity contribution is 5.74. The molecule has 1 aromatic rings. The van der Waals surface area contributed by atoms with Gasteiger partial charge in [0.2, 0.25) is 5.91 Å². The van der Waals surface area contributed by atoms with E-state index in [2.05, 4.69) is 12.1 Å². The van der Waals surface area contributed by atoms with Gasteiger partial charge < -0.3 is 10.8 Å². The fourth-order valence-corrected chi connectivity index (χ4v) is 2.98. The first-order chi connectivity index (χ1) is 8.66. The van der Waals surface area contributed by atoms with Crippen molar-refractivity contribution in [2.75, 3.05) is 0 Å². The molecule has 18 heavy (non-hydrogen) atoms. The Hall–Kier alpha value is -1.35. The molecule has 0 radical (unpaired) electrons. The maximum atomic E-state index is 11.3. The van der Waals surface area contributed by atoms with Crippen LogP contribution in [0.15, 0.2) is 30.3 Å². The summed E-state index contributed by atoms with van der Waals surface area (Å²) in [6.07, 6.45) is 3.89. The molecule has 0 spiro atoms. The molecule has 1 aromatic carbocycles. The summed E-state index contributed by atoms with van der Waals surface area (Å²) >= 11 is 0. The van der Waals surface area contributed by atoms with Crippen LogP contribution < -0.4 is 5.73 Å². The molecule has 0 aromatic heterocycles. The Morgan fingerprint density at radius 2 is 1.83 bits per heavy atom. The summed E-state index contributed by atoms with van der Waals surface area (Å²) in [7, 11) is 0. The van der Waals surface area contributed by atoms with Crippen LogP contribution in [0.5, 0.6) is 0 Å². The molecule has 3 N–H and O–H groups in total. The lowest BCUT2D eigenvalue weighted by atomic mass is 9.74. The van der Waals surface area contributed by atoms with Gasteiger partial charge in [0.25, 0.3) is 0 Å². The van der Waals surface area contributed by atoms with Crippen LogP contribution in [-0.4, -0.2) is 17.1 Å². The number of aliphatic hydroxyl groups excluding tert-OH is 1. The first kappa shape index (κ1) is 13.1. The molecule has 3 heteroatoms. The average molecular weight is 247 g/mol. The zero-order valence-corrected chi connectivity index (χ0v) is 10.6. The van der Waals surface area contributed by atoms with Gasteiger partial charge in [-0.1, -0.05) is 30.3 Å². The van der Waals surface area contributed by atoms with Crippen LogP contribution >= 0.6 is 0 Å². The van der Waals surface area contributed by atoms with Gasteiger partial charge in [-0.3, -0.25) is 4.79 Å². The lowest BCUT2D eigenvalue weighted by Gasteiger charge is -2.32. The van der Waals surface area contributed by atoms with Crippen LogP contribution in [0.4, 0.5) is 0 Å². The van der Waals surface area contributed by atoms with Crippen LogP contribution in [0.1, 0.15) is 43.6 Å². The smallest absolute Gasteiger partial charge is 0.218 e. The quantitative estimate of drug-likeness (QED) is 0.856. The molecule has 1 amide bonds. The normalized spacial score (nSPS) is 25.6. The van der Waals surface area contributed by atoms with E-state index < -0.39 is 0 Å². The monoisotopic (exact) mass is 247 g/mol. The largest absolute Gasteiger partial charge is 0.393 e. The summed E-state index contributed by atoms with van der Waals surface area (Å²) < 4.78 is 0. The van der Waals surface area contributed by atoms with Crippen molar-refractivity contribution in [2.24, 2.45) is 11.7 Å². The standard InChI is InChI=1S/C15H21NO2/c16-15(18)10-14(11-4-2-1-3-5-11)12-6-8-13(17)9-7-12/h1-5,12-14,17H,6-10H2,(H2,16,18). The topological polar surface area (TPSA) is 63.3 Å². The molecule has 1 aliphatic rings. The van der Waals surface area contributed by atoms with E-state index in [4.69, 9.17) is 5.73 Å². The molecule has 1 aliphatic carbocycles. The fourth-order valence-electron chi connectivity index (χ4n) is 2.98. The minimum atomic E-state index is -0.241. The Morgan fingerprint density at radius 1 is 1.22 bits per heavy atom. The van der Waals surface area contributed by atoms with Crippen LogP contribution in [0, 0.1) is 5.92 Å². The molecular weight excluding hydrogens is 226 g/mol. The van der Waals surface area contributed by atoms with Crippen molar-refractivity contribution in [2.45, 2.75) is 44.1 Å². The van der Waals surface area contributed by atoms with Crippen LogP contribution in [0.3, 0.4) is 0 Å². The molecule has 1 fully saturated rings. The van der Waals surface area contributed by atoms with Gasteiger partial charge in [-0.15, -0.1) is 0 Å². The van der Waals surface area contributed by atoms with E-state index in [0.717, 1.165) is 25.7 Å². The predicted molar refractivity (Wildman–Crippen MR) is 71.0 cm³/mol. The lowest BCUT2D eigenvalue weighted by molar-refractivity contribution is -0.118. The molecule has 2 rings (SSSR count). The maximum Gasteiger partial charge on any atom is 0.218 e. The number of aliphatic hydroxyl groups is 1. The van der Waals surface area contributed by atoms with Gasteiger partial charge >= 0.3 is 0 Å². The molecular formula is C15H21NO2. The highest BCUT2D eigenvalue weighted by atomic mass is 16.3. The molecule has 0 aliphatic heterocycles. The average Bonchev–Trinajstić information content (AvgIpc) is 2.38. The summed E-state index contributed by atoms with van der Waals surface area (Å²) in [5.41, 5.74) is 6.57. The number of primary amides is 1. The second kappa shape index (κ2) is 6.01. The molecule has 98 valence electrons. The zero-order chi connectivity index (χ0) is 13.0. The van der Waals surface area contributed by atoms with Gasteiger partial charge in [0.05, 0.1) is 6.10 Å². The van der Waals surface area contributed by atoms with Crippen molar-refractivity contribution in [1.82, 2.24) is 0 Å². The number of hydrogen-bond donors (Lipinski definition) is 2. The van der Waals surface area contributed by atoms with E-state index >= 15 is 0 Å². The van der Waals surface area contributed by atoms with E-state index in [1.54, 1.807) is 0 Å². The van der Waals surface area contributed by atoms with E-state index in [0.29, 0.717) is 12.3 Å². The van der Waals surface area contributed by atoms with E-state index in [9.17, 15) is 9.90 Å². The third kappa shape index (κ3) is 3.33. The van der Waals surface area contributed by atoms with Gasteiger partial charge in [-0.05, 0) is 43.1 Å². The van der Waals surface area contributed by atoms with Crippen LogP contribution in [0.2, 0.25) is 0 Å². The molecule has 0 heterocycles. The fraction of sp³-hybridized carbons (Fsp3) is 0.533. The van der Waals surface area contributed by atoms with Gasteiger partial charge in [0, 0.05) is 6.42 Å². The molecule has 3 nitrogen and oxygen atoms in total. The summed E-state index contributed by atoms with van der Waals surface area (Å²) in [5.74, 6) is 0.425. The first-order valence-corrected chi connectivity index (χ1v) is 6.68. The zero-order valence-electron chi connectivity index (χ0n) is 10.6. The van der Waals surface area contributed by atoms with Gasteiger partial charge in [0.1, 0.15) is 0 Å². The molecule has 0 bridgehead atoms. The number of amides is 1. The van der Waals surface area contributed by atoms with Crippen molar-refractivity contribution < 1.29 is 9.90 Å². The highest BCUT2D eigenvalue weighted by Gasteiger charge is 2.28. The second-order valence-corrected chi connectivity index (χ2v) is 5.26. The Labute approximate surface area is 108 Å². The Bertz CT molecular complexity index is 383. The van der Waals surface area contributed by atoms with E-state index in [-0.39, 0.29) is 17.9 Å². The Kier molecular flexibility index (Phi) is 4.37. The van der Waals surface area contributed by atoms with Crippen LogP contribution in [-0.2, 0) is 4.79 Å². The van der Waals surface area contributed by atoms with E-state index in [1.807, 2.05) is 18.2 Å². The van der Waals surface area contributed by atoms with Gasteiger partial charge in [0.15, 0.2) is 0 Å². The van der Waals surface area contributed by atoms with E-state index in [1.165, 1.54) is 5.56 Å². The van der Waals surface area contributed by atoms with Crippen molar-refractivity contribution in [3.8, 4) is 0 Å². The summed E-state index contributed by atoms with van der Waals surface area (Å²) in [6, 6.07) is 10.1. The third-order valence-corrected chi connectivity index (χ3v) is 3.96. The van der Waals surface area contributed by atoms with Gasteiger partial charge in [-0.25, -0.2) is 0 Å². The van der Waals surface area contributed by atoms with Crippen molar-refractivity contribution in [3.63, 3.8) is 0 Å². The van der Waals surface area contributed by atoms with Crippen molar-refractivity contribution >= 4 is 5.91 Å². The summed E-state index contributed by atoms with van der Waals surface area (Å²) in [5, 5.41) is 9.57. The minimum absolute atomic E-state index is 0.161. The molecule has 0 saturated heterocycles. The number of hydrogen-bond acceptors (Lipinski definition) is 2. The molecule has 1 unspecified atom stereocenters. The number of carbonyl (C=O) groups is 1. The maximum absolute atomic E-state index is 11.3. The third-order valence-electron chi connectivity index (χ3n) is 3.96. The van der Waals surface area contributed by atoms with Crippen LogP contribution in [0.25, 0.3) is 0 Å². The number of benzene rings is 1. The predicted octanol–water partition coefficient (Wildman–Crippen LogP) is 2.20. The second-order valence-electron chi connectivity index (χ2n) is 5.26. The summed E-state index contributed by atoms with van der Waals surface area (Å²) in [6.45, 7) is 0. The minimum Gasteiger partial charge on any atom is -0.393 e. The molecule has 1 saturated carbocycles. The lowest BCUT2D eigenvalue weighted by Crippen LogP contribution is -2.26. The number of nitrogens with two attached hydrogens (primary N) is 1. The first-order valence-electron chi connectivity index (χ1n) is 6.68. The molecule has 1 atom stereocenters. The van der Waals surface area contributed by atoms with Gasteiger partial charge in [-0.2, -0.15) is 0 Å². The summed E-state index contributed by atoms with van der Waals surface area (Å²) in [4.78, 5) is 11.3. The number of carbonyl (C=O) groups excluding carboxylic acids is 1. The van der Waals surface area contributed by atoms with Crippen molar-refractivity contribution in [3.05, 3.63) is 35.9 Å². The number of rotatable bonds is 4. The SMILES string of the molecule is NC(=O)CC(c1ccccc1)C1CCC(O)CC1. The van der Waals surface area contributed by atoms with Crippen molar-refractivity contribution in [1.29, 1.82) is 0 Å².